The molecule has 24 heavy (non-hydrogen) atoms. The van der Waals surface area contributed by atoms with Crippen LogP contribution in [0.2, 0.25) is 0 Å². The van der Waals surface area contributed by atoms with Crippen LogP contribution in [-0.4, -0.2) is 16.1 Å². The highest BCUT2D eigenvalue weighted by Crippen LogP contribution is 2.17. The van der Waals surface area contributed by atoms with Crippen LogP contribution in [0, 0.1) is 0 Å². The number of fused-ring (bicyclic) bond motifs is 1. The van der Waals surface area contributed by atoms with Gasteiger partial charge in [0.2, 0.25) is 0 Å². The van der Waals surface area contributed by atoms with Gasteiger partial charge in [0.1, 0.15) is 12.4 Å². The number of rotatable bonds is 7. The Morgan fingerprint density at radius 2 is 1.79 bits per heavy atom. The lowest BCUT2D eigenvalue weighted by Gasteiger charge is -2.08. The normalized spacial score (nSPS) is 10.7. The second-order valence-corrected chi connectivity index (χ2v) is 5.70. The fourth-order valence-corrected chi connectivity index (χ4v) is 2.56. The van der Waals surface area contributed by atoms with Crippen LogP contribution in [0.1, 0.15) is 24.1 Å². The number of nitrogens with zero attached hydrogens (tertiary/aromatic N) is 1. The number of aliphatic carboxylic acids is 1. The first-order chi connectivity index (χ1) is 11.7. The average molecular weight is 321 g/mol. The monoisotopic (exact) mass is 321 g/mol. The fourth-order valence-electron chi connectivity index (χ4n) is 2.56. The van der Waals surface area contributed by atoms with Gasteiger partial charge in [-0.15, -0.1) is 0 Å². The summed E-state index contributed by atoms with van der Waals surface area (Å²) < 4.78 is 5.78. The lowest BCUT2D eigenvalue weighted by atomic mass is 10.1. The van der Waals surface area contributed by atoms with Crippen molar-refractivity contribution < 1.29 is 14.6 Å². The van der Waals surface area contributed by atoms with E-state index in [9.17, 15) is 4.79 Å². The van der Waals surface area contributed by atoms with Gasteiger partial charge in [-0.05, 0) is 42.0 Å². The van der Waals surface area contributed by atoms with Crippen molar-refractivity contribution in [2.45, 2.75) is 25.9 Å². The molecule has 0 saturated carbocycles. The van der Waals surface area contributed by atoms with Crippen LogP contribution in [0.3, 0.4) is 0 Å². The summed E-state index contributed by atoms with van der Waals surface area (Å²) in [6, 6.07) is 17.9. The van der Waals surface area contributed by atoms with Gasteiger partial charge in [-0.3, -0.25) is 9.78 Å². The van der Waals surface area contributed by atoms with E-state index in [1.54, 1.807) is 0 Å². The zero-order valence-corrected chi connectivity index (χ0v) is 13.3. The van der Waals surface area contributed by atoms with Crippen LogP contribution in [0.15, 0.2) is 60.8 Å². The molecule has 0 aliphatic rings. The zero-order valence-electron chi connectivity index (χ0n) is 13.3. The van der Waals surface area contributed by atoms with E-state index in [1.165, 1.54) is 0 Å². The first kappa shape index (κ1) is 16.0. The van der Waals surface area contributed by atoms with Gasteiger partial charge in [0.15, 0.2) is 0 Å². The van der Waals surface area contributed by atoms with Crippen LogP contribution in [-0.2, 0) is 17.8 Å². The molecule has 4 nitrogen and oxygen atoms in total. The Balaban J connectivity index is 1.56. The van der Waals surface area contributed by atoms with E-state index in [2.05, 4.69) is 11.1 Å². The molecule has 0 radical (unpaired) electrons. The topological polar surface area (TPSA) is 59.4 Å². The Hall–Kier alpha value is -2.88. The number of carboxylic acids is 1. The average Bonchev–Trinajstić information content (AvgIpc) is 2.60. The largest absolute Gasteiger partial charge is 0.487 e. The molecule has 0 fully saturated rings. The number of benzene rings is 2. The lowest BCUT2D eigenvalue weighted by molar-refractivity contribution is -0.137. The fraction of sp³-hybridized carbons (Fsp3) is 0.200. The molecule has 0 bridgehead atoms. The maximum atomic E-state index is 10.5. The summed E-state index contributed by atoms with van der Waals surface area (Å²) in [5, 5.41) is 10.9. The van der Waals surface area contributed by atoms with Gasteiger partial charge in [0.25, 0.3) is 0 Å². The third kappa shape index (κ3) is 4.32. The van der Waals surface area contributed by atoms with Crippen molar-refractivity contribution in [3.63, 3.8) is 0 Å². The van der Waals surface area contributed by atoms with E-state index in [0.29, 0.717) is 13.0 Å². The van der Waals surface area contributed by atoms with Crippen LogP contribution in [0.5, 0.6) is 5.75 Å². The molecular weight excluding hydrogens is 302 g/mol. The third-order valence-corrected chi connectivity index (χ3v) is 3.85. The number of aryl methyl sites for hydroxylation is 1. The maximum Gasteiger partial charge on any atom is 0.303 e. The summed E-state index contributed by atoms with van der Waals surface area (Å²) in [6.07, 6.45) is 3.47. The molecule has 122 valence electrons. The number of pyridine rings is 1. The number of carbonyl (C=O) groups is 1. The number of hydrogen-bond donors (Lipinski definition) is 1. The van der Waals surface area contributed by atoms with Crippen molar-refractivity contribution >= 4 is 16.7 Å². The molecule has 0 saturated heterocycles. The Morgan fingerprint density at radius 3 is 2.54 bits per heavy atom. The minimum Gasteiger partial charge on any atom is -0.487 e. The molecule has 0 aliphatic carbocycles. The van der Waals surface area contributed by atoms with Gasteiger partial charge >= 0.3 is 5.97 Å². The predicted octanol–water partition coefficient (Wildman–Crippen LogP) is 4.22. The lowest BCUT2D eigenvalue weighted by Crippen LogP contribution is -1.98. The molecule has 0 atom stereocenters. The molecule has 0 aliphatic heterocycles. The molecule has 0 unspecified atom stereocenters. The minimum atomic E-state index is -0.752. The highest BCUT2D eigenvalue weighted by Gasteiger charge is 2.02. The molecule has 0 spiro atoms. The van der Waals surface area contributed by atoms with Crippen molar-refractivity contribution in [2.24, 2.45) is 0 Å². The van der Waals surface area contributed by atoms with Crippen molar-refractivity contribution in [2.75, 3.05) is 0 Å². The Bertz CT molecular complexity index is 828. The second kappa shape index (κ2) is 7.59. The summed E-state index contributed by atoms with van der Waals surface area (Å²) >= 11 is 0. The van der Waals surface area contributed by atoms with Crippen LogP contribution in [0.25, 0.3) is 10.8 Å². The number of carboxylic acid groups (broad SMARTS) is 1. The van der Waals surface area contributed by atoms with Crippen LogP contribution >= 0.6 is 0 Å². The molecule has 4 heteroatoms. The summed E-state index contributed by atoms with van der Waals surface area (Å²) in [5.74, 6) is 0.0322. The molecular formula is C20H19NO3. The number of ether oxygens (including phenoxy) is 1. The standard InChI is InChI=1S/C20H19NO3/c22-20(23)7-3-4-15-8-10-19(11-9-15)24-14-18-12-16-5-1-2-6-17(16)13-21-18/h1-2,5-6,8-13H,3-4,7,14H2,(H,22,23). The van der Waals surface area contributed by atoms with Gasteiger partial charge in [-0.2, -0.15) is 0 Å². The second-order valence-electron chi connectivity index (χ2n) is 5.70. The van der Waals surface area contributed by atoms with Gasteiger partial charge in [-0.25, -0.2) is 0 Å². The Labute approximate surface area is 140 Å². The molecule has 3 aromatic rings. The van der Waals surface area contributed by atoms with Gasteiger partial charge in [-0.1, -0.05) is 36.4 Å². The molecule has 3 rings (SSSR count). The van der Waals surface area contributed by atoms with Crippen LogP contribution in [0.4, 0.5) is 0 Å². The molecule has 1 aromatic heterocycles. The highest BCUT2D eigenvalue weighted by atomic mass is 16.5. The summed E-state index contributed by atoms with van der Waals surface area (Å²) in [4.78, 5) is 14.9. The first-order valence-corrected chi connectivity index (χ1v) is 7.98. The van der Waals surface area contributed by atoms with Crippen molar-refractivity contribution in [3.8, 4) is 5.75 Å². The van der Waals surface area contributed by atoms with E-state index in [1.807, 2.05) is 54.7 Å². The summed E-state index contributed by atoms with van der Waals surface area (Å²) in [5.41, 5.74) is 2.01. The quantitative estimate of drug-likeness (QED) is 0.708. The van der Waals surface area contributed by atoms with E-state index in [4.69, 9.17) is 9.84 Å². The number of aromatic nitrogens is 1. The molecule has 1 N–H and O–H groups in total. The van der Waals surface area contributed by atoms with E-state index >= 15 is 0 Å². The smallest absolute Gasteiger partial charge is 0.303 e. The number of hydrogen-bond acceptors (Lipinski definition) is 3. The predicted molar refractivity (Wildman–Crippen MR) is 93.1 cm³/mol. The van der Waals surface area contributed by atoms with Crippen molar-refractivity contribution in [1.29, 1.82) is 0 Å². The van der Waals surface area contributed by atoms with E-state index in [0.717, 1.165) is 34.2 Å². The Kier molecular flexibility index (Phi) is 5.06. The van der Waals surface area contributed by atoms with Gasteiger partial charge < -0.3 is 9.84 Å². The Morgan fingerprint density at radius 1 is 1.04 bits per heavy atom. The third-order valence-electron chi connectivity index (χ3n) is 3.85. The molecule has 1 heterocycles. The highest BCUT2D eigenvalue weighted by molar-refractivity contribution is 5.81. The SMILES string of the molecule is O=C(O)CCCc1ccc(OCc2cc3ccccc3cn2)cc1. The summed E-state index contributed by atoms with van der Waals surface area (Å²) in [7, 11) is 0. The summed E-state index contributed by atoms with van der Waals surface area (Å²) in [6.45, 7) is 0.420. The first-order valence-electron chi connectivity index (χ1n) is 7.98. The van der Waals surface area contributed by atoms with Crippen molar-refractivity contribution in [1.82, 2.24) is 4.98 Å². The van der Waals surface area contributed by atoms with Gasteiger partial charge in [0.05, 0.1) is 5.69 Å². The van der Waals surface area contributed by atoms with Crippen LogP contribution < -0.4 is 4.74 Å². The zero-order chi connectivity index (χ0) is 16.8. The molecule has 2 aromatic carbocycles. The maximum absolute atomic E-state index is 10.5. The van der Waals surface area contributed by atoms with E-state index < -0.39 is 5.97 Å². The van der Waals surface area contributed by atoms with Gasteiger partial charge in [0, 0.05) is 18.0 Å². The minimum absolute atomic E-state index is 0.200. The molecule has 0 amide bonds. The van der Waals surface area contributed by atoms with E-state index in [-0.39, 0.29) is 6.42 Å². The van der Waals surface area contributed by atoms with Crippen molar-refractivity contribution in [3.05, 3.63) is 72.1 Å².